The Kier molecular flexibility index (Phi) is 16.1. The lowest BCUT2D eigenvalue weighted by atomic mass is 9.43. The van der Waals surface area contributed by atoms with E-state index in [-0.39, 0.29) is 82.8 Å². The average molecular weight is 1060 g/mol. The van der Waals surface area contributed by atoms with Crippen LogP contribution in [0.25, 0.3) is 0 Å². The first kappa shape index (κ1) is 55.5. The van der Waals surface area contributed by atoms with Crippen LogP contribution in [0.2, 0.25) is 0 Å². The lowest BCUT2D eigenvalue weighted by Gasteiger charge is -2.62. The molecule has 1 heterocycles. The van der Waals surface area contributed by atoms with Crippen LogP contribution in [-0.2, 0) is 41.2 Å². The predicted molar refractivity (Wildman–Crippen MR) is 276 cm³/mol. The van der Waals surface area contributed by atoms with Gasteiger partial charge in [-0.2, -0.15) is 16.8 Å². The molecule has 16 nitrogen and oxygen atoms in total. The summed E-state index contributed by atoms with van der Waals surface area (Å²) in [5.41, 5.74) is 1.42. The number of aliphatic hydroxyl groups is 2. The summed E-state index contributed by atoms with van der Waals surface area (Å²) in [5, 5.41) is 38.8. The molecule has 0 unspecified atom stereocenters. The number of fused-ring (bicyclic) bond motifs is 10. The Balaban J connectivity index is 0.742. The molecular weight excluding hydrogens is 971 g/mol. The lowest BCUT2D eigenvalue weighted by Crippen LogP contribution is -2.58. The first-order valence-electron chi connectivity index (χ1n) is 28.6. The summed E-state index contributed by atoms with van der Waals surface area (Å²) >= 11 is 0. The second-order valence-electron chi connectivity index (χ2n) is 26.7. The Morgan fingerprint density at radius 3 is 1.60 bits per heavy atom. The molecule has 0 radical (unpaired) electrons. The molecule has 0 aliphatic heterocycles. The molecule has 0 bridgehead atoms. The monoisotopic (exact) mass is 1060 g/mol. The highest BCUT2D eigenvalue weighted by atomic mass is 32.2. The van der Waals surface area contributed by atoms with E-state index < -0.39 is 31.7 Å². The maximum absolute atomic E-state index is 12.5. The van der Waals surface area contributed by atoms with E-state index in [1.165, 1.54) is 0 Å². The van der Waals surface area contributed by atoms with Gasteiger partial charge >= 0.3 is 0 Å². The van der Waals surface area contributed by atoms with E-state index in [2.05, 4.69) is 68.2 Å². The maximum atomic E-state index is 12.5. The van der Waals surface area contributed by atoms with Gasteiger partial charge in [-0.15, -0.1) is 5.10 Å². The molecule has 8 saturated carbocycles. The van der Waals surface area contributed by atoms with Crippen molar-refractivity contribution in [1.82, 2.24) is 25.6 Å². The van der Waals surface area contributed by atoms with Crippen LogP contribution in [0.1, 0.15) is 182 Å². The standard InChI is InChI=1S/C55H91N5O11S2/c1-33(7-13-48(63)56-23-25-72(65,66)67)40-9-11-42-50-44(17-21-54(40,42)5)52(3)19-15-38(27-35(52)29-46(50)61)60-31-37(58-59-60)32-71-39-16-20-53(4)36(28-39)30-47(62)51-43-12-10-41(55(43,6)22-18-45(51)53)34(2)8-14-49(64)57-24-26-73(68,69)70/h31,33-36,38-47,50-51,61-62H,7-30,32H2,1-6H3,(H,56,63)(H,57,64)(H,65,66,67)(H,68,69,70)/t33-,34-,35+,36+,38-,39-,40-,41-,42+,43+,44+,45+,46+,47+,50+,51+,52+,53+,54-,55-/m1/s1. The van der Waals surface area contributed by atoms with E-state index in [0.717, 1.165) is 121 Å². The minimum absolute atomic E-state index is 0.0856. The molecule has 73 heavy (non-hydrogen) atoms. The van der Waals surface area contributed by atoms with Gasteiger partial charge in [-0.25, -0.2) is 4.68 Å². The molecule has 8 fully saturated rings. The normalized spacial score (nSPS) is 43.0. The minimum Gasteiger partial charge on any atom is -0.393 e. The number of hydrogen-bond donors (Lipinski definition) is 6. The second kappa shape index (κ2) is 21.2. The average Bonchev–Trinajstić information content (AvgIpc) is 4.04. The van der Waals surface area contributed by atoms with Crippen LogP contribution in [0, 0.1) is 92.7 Å². The molecule has 0 spiro atoms. The molecule has 0 aromatic carbocycles. The molecule has 0 saturated heterocycles. The Labute approximate surface area is 436 Å². The van der Waals surface area contributed by atoms with Crippen LogP contribution in [0.15, 0.2) is 6.20 Å². The third-order valence-electron chi connectivity index (χ3n) is 23.2. The summed E-state index contributed by atoms with van der Waals surface area (Å²) in [5.74, 6) is 3.57. The molecule has 6 N–H and O–H groups in total. The minimum atomic E-state index is -4.11. The highest BCUT2D eigenvalue weighted by molar-refractivity contribution is 7.86. The van der Waals surface area contributed by atoms with Gasteiger partial charge in [0.15, 0.2) is 0 Å². The van der Waals surface area contributed by atoms with Crippen LogP contribution in [-0.4, -0.2) is 106 Å². The number of hydrogen-bond acceptors (Lipinski definition) is 11. The van der Waals surface area contributed by atoms with Gasteiger partial charge in [-0.05, 0) is 208 Å². The number of nitrogens with one attached hydrogen (secondary N) is 2. The molecule has 2 amide bonds. The van der Waals surface area contributed by atoms with Crippen molar-refractivity contribution >= 4 is 32.1 Å². The van der Waals surface area contributed by atoms with Crippen molar-refractivity contribution < 1.29 is 50.5 Å². The maximum Gasteiger partial charge on any atom is 0.266 e. The Bertz CT molecular complexity index is 2370. The van der Waals surface area contributed by atoms with E-state index in [1.54, 1.807) is 0 Å². The number of aromatic nitrogens is 3. The lowest BCUT2D eigenvalue weighted by molar-refractivity contribution is -0.179. The van der Waals surface area contributed by atoms with Gasteiger partial charge in [-0.1, -0.05) is 46.8 Å². The molecule has 18 heteroatoms. The van der Waals surface area contributed by atoms with Gasteiger partial charge in [0.2, 0.25) is 11.8 Å². The molecule has 1 aromatic rings. The van der Waals surface area contributed by atoms with Crippen molar-refractivity contribution in [1.29, 1.82) is 0 Å². The van der Waals surface area contributed by atoms with E-state index >= 15 is 0 Å². The van der Waals surface area contributed by atoms with Gasteiger partial charge < -0.3 is 25.6 Å². The van der Waals surface area contributed by atoms with Crippen molar-refractivity contribution in [2.75, 3.05) is 24.6 Å². The number of amides is 2. The van der Waals surface area contributed by atoms with Crippen LogP contribution in [0.5, 0.6) is 0 Å². The quantitative estimate of drug-likeness (QED) is 0.0769. The van der Waals surface area contributed by atoms with E-state index in [4.69, 9.17) is 19.1 Å². The zero-order valence-corrected chi connectivity index (χ0v) is 46.4. The fourth-order valence-corrected chi connectivity index (χ4v) is 20.1. The fraction of sp³-hybridized carbons (Fsp3) is 0.927. The number of carbonyl (C=O) groups is 2. The number of rotatable bonds is 18. The SMILES string of the molecule is C[C@H](CCC(=O)NCCS(=O)(=O)O)[C@H]1CC[C@H]2[C@@H]3[C@@H](O)C[C@@H]4C[C@H](OCc5cn([C@@H]6CC[C@@]7(C)[C@@H](C6)C[C@H](O)[C@@H]6[C@@H]7CC[C@]7(C)[C@@H]([C@H](C)CCC(=O)NCCS(=O)(=O)O)CC[C@@H]67)nn5)CC[C@]4(C)[C@H]3CC[C@]12C. The van der Waals surface area contributed by atoms with Crippen molar-refractivity contribution in [3.63, 3.8) is 0 Å². The summed E-state index contributed by atoms with van der Waals surface area (Å²) in [6.07, 6.45) is 20.5. The second-order valence-corrected chi connectivity index (χ2v) is 29.8. The molecule has 20 atom stereocenters. The fourth-order valence-electron chi connectivity index (χ4n) is 19.4. The zero-order chi connectivity index (χ0) is 52.5. The summed E-state index contributed by atoms with van der Waals surface area (Å²) in [6, 6.07) is 0.237. The van der Waals surface area contributed by atoms with E-state index in [9.17, 15) is 36.6 Å². The summed E-state index contributed by atoms with van der Waals surface area (Å²) in [4.78, 5) is 25.1. The third kappa shape index (κ3) is 11.1. The van der Waals surface area contributed by atoms with Crippen molar-refractivity contribution in [3.05, 3.63) is 11.9 Å². The molecule has 9 rings (SSSR count). The smallest absolute Gasteiger partial charge is 0.266 e. The summed E-state index contributed by atoms with van der Waals surface area (Å²) in [7, 11) is -8.23. The van der Waals surface area contributed by atoms with Gasteiger partial charge in [-0.3, -0.25) is 18.7 Å². The van der Waals surface area contributed by atoms with Crippen LogP contribution in [0.3, 0.4) is 0 Å². The van der Waals surface area contributed by atoms with Crippen LogP contribution >= 0.6 is 0 Å². The van der Waals surface area contributed by atoms with E-state index in [0.29, 0.717) is 78.6 Å². The van der Waals surface area contributed by atoms with Gasteiger partial charge in [0.25, 0.3) is 20.2 Å². The highest BCUT2D eigenvalue weighted by Gasteiger charge is 2.65. The Morgan fingerprint density at radius 2 is 1.11 bits per heavy atom. The first-order chi connectivity index (χ1) is 34.3. The number of nitrogens with zero attached hydrogens (tertiary/aromatic N) is 3. The predicted octanol–water partition coefficient (Wildman–Crippen LogP) is 7.80. The number of ether oxygens (including phenoxy) is 1. The van der Waals surface area contributed by atoms with Gasteiger partial charge in [0.05, 0.1) is 48.7 Å². The van der Waals surface area contributed by atoms with Gasteiger partial charge in [0, 0.05) is 25.9 Å². The van der Waals surface area contributed by atoms with Crippen molar-refractivity contribution in [3.8, 4) is 0 Å². The zero-order valence-electron chi connectivity index (χ0n) is 44.8. The number of carbonyl (C=O) groups excluding carboxylic acids is 2. The number of aliphatic hydroxyl groups excluding tert-OH is 2. The summed E-state index contributed by atoms with van der Waals surface area (Å²) < 4.78 is 71.1. The highest BCUT2D eigenvalue weighted by Crippen LogP contribution is 2.70. The Hall–Kier alpha value is -2.22. The largest absolute Gasteiger partial charge is 0.393 e. The molecule has 8 aliphatic rings. The first-order valence-corrected chi connectivity index (χ1v) is 31.9. The summed E-state index contributed by atoms with van der Waals surface area (Å²) in [6.45, 7) is 14.7. The molecular formula is C55H91N5O11S2. The van der Waals surface area contributed by atoms with Crippen molar-refractivity contribution in [2.45, 2.75) is 201 Å². The van der Waals surface area contributed by atoms with Crippen LogP contribution in [0.4, 0.5) is 0 Å². The Morgan fingerprint density at radius 1 is 0.658 bits per heavy atom. The van der Waals surface area contributed by atoms with E-state index in [1.807, 2.05) is 0 Å². The van der Waals surface area contributed by atoms with Crippen molar-refractivity contribution in [2.24, 2.45) is 92.7 Å². The molecule has 414 valence electrons. The topological polar surface area (TPSA) is 247 Å². The molecule has 8 aliphatic carbocycles. The van der Waals surface area contributed by atoms with Gasteiger partial charge in [0.1, 0.15) is 5.69 Å². The molecule has 1 aromatic heterocycles. The van der Waals surface area contributed by atoms with Crippen LogP contribution < -0.4 is 10.6 Å². The third-order valence-corrected chi connectivity index (χ3v) is 24.7.